The van der Waals surface area contributed by atoms with Gasteiger partial charge in [-0.3, -0.25) is 15.1 Å². The van der Waals surface area contributed by atoms with Crippen LogP contribution in [0.2, 0.25) is 0 Å². The number of nitrogens with two attached hydrogens (primary N) is 1. The van der Waals surface area contributed by atoms with Crippen molar-refractivity contribution in [2.45, 2.75) is 19.1 Å². The summed E-state index contributed by atoms with van der Waals surface area (Å²) in [6.07, 6.45) is 7.66. The highest BCUT2D eigenvalue weighted by Crippen LogP contribution is 2.37. The van der Waals surface area contributed by atoms with Gasteiger partial charge in [-0.05, 0) is 48.6 Å². The molecule has 1 aliphatic carbocycles. The van der Waals surface area contributed by atoms with Crippen molar-refractivity contribution in [2.75, 3.05) is 23.4 Å². The van der Waals surface area contributed by atoms with E-state index in [9.17, 15) is 18.4 Å². The molecule has 4 rings (SSSR count). The van der Waals surface area contributed by atoms with Gasteiger partial charge >= 0.3 is 12.3 Å². The minimum Gasteiger partial charge on any atom is -0.400 e. The summed E-state index contributed by atoms with van der Waals surface area (Å²) in [7, 11) is 0. The Kier molecular flexibility index (Phi) is 8.66. The Morgan fingerprint density at radius 3 is 2.79 bits per heavy atom. The zero-order valence-electron chi connectivity index (χ0n) is 20.7. The van der Waals surface area contributed by atoms with Gasteiger partial charge in [0.05, 0.1) is 11.9 Å². The molecule has 0 bridgehead atoms. The number of ether oxygens (including phenoxy) is 2. The minimum atomic E-state index is -3.74. The monoisotopic (exact) mass is 557 g/mol. The van der Waals surface area contributed by atoms with Gasteiger partial charge in [0.1, 0.15) is 16.5 Å². The van der Waals surface area contributed by atoms with Crippen LogP contribution in [0, 0.1) is 0 Å². The number of urea groups is 1. The number of thioether (sulfide) groups is 1. The third-order valence-electron chi connectivity index (χ3n) is 5.26. The largest absolute Gasteiger partial charge is 0.585 e. The topological polar surface area (TPSA) is 153 Å². The number of amides is 3. The Hall–Kier alpha value is -4.59. The number of carbonyl (C=O) groups is 2. The second kappa shape index (κ2) is 12.3. The number of anilines is 2. The predicted molar refractivity (Wildman–Crippen MR) is 142 cm³/mol. The molecule has 11 nitrogen and oxygen atoms in total. The van der Waals surface area contributed by atoms with Crippen LogP contribution in [0.5, 0.6) is 0 Å². The Morgan fingerprint density at radius 1 is 1.18 bits per heavy atom. The van der Waals surface area contributed by atoms with Gasteiger partial charge in [-0.2, -0.15) is 0 Å². The maximum Gasteiger partial charge on any atom is 0.585 e. The van der Waals surface area contributed by atoms with Gasteiger partial charge in [0.15, 0.2) is 11.5 Å². The van der Waals surface area contributed by atoms with Gasteiger partial charge in [-0.1, -0.05) is 6.08 Å². The van der Waals surface area contributed by atoms with Crippen LogP contribution in [0.1, 0.15) is 12.0 Å². The van der Waals surface area contributed by atoms with Crippen molar-refractivity contribution < 1.29 is 27.8 Å². The third-order valence-corrected chi connectivity index (χ3v) is 6.07. The summed E-state index contributed by atoms with van der Waals surface area (Å²) in [6.45, 7) is 0.383. The molecule has 2 aromatic rings. The van der Waals surface area contributed by atoms with Crippen LogP contribution in [0.25, 0.3) is 0 Å². The molecule has 6 N–H and O–H groups in total. The van der Waals surface area contributed by atoms with E-state index < -0.39 is 18.2 Å². The Morgan fingerprint density at radius 2 is 2.03 bits per heavy atom. The Balaban J connectivity index is 1.31. The summed E-state index contributed by atoms with van der Waals surface area (Å²) >= 11 is 1.13. The Bertz CT molecular complexity index is 1360. The van der Waals surface area contributed by atoms with Crippen LogP contribution in [-0.2, 0) is 20.7 Å². The van der Waals surface area contributed by atoms with Crippen molar-refractivity contribution in [2.24, 2.45) is 5.73 Å². The fourth-order valence-corrected chi connectivity index (χ4v) is 4.09. The Labute approximate surface area is 226 Å². The van der Waals surface area contributed by atoms with Gasteiger partial charge in [0.25, 0.3) is 5.91 Å². The van der Waals surface area contributed by atoms with E-state index >= 15 is 0 Å². The number of pyridine rings is 2. The van der Waals surface area contributed by atoms with Gasteiger partial charge in [0.2, 0.25) is 0 Å². The molecule has 1 aliphatic heterocycles. The molecule has 14 heteroatoms. The molecule has 39 heavy (non-hydrogen) atoms. The molecule has 0 radical (unpaired) electrons. The predicted octanol–water partition coefficient (Wildman–Crippen LogP) is 3.51. The van der Waals surface area contributed by atoms with Crippen LogP contribution in [0.3, 0.4) is 0 Å². The number of rotatable bonds is 9. The quantitative estimate of drug-likeness (QED) is 0.292. The van der Waals surface area contributed by atoms with Gasteiger partial charge in [0, 0.05) is 37.1 Å². The zero-order chi connectivity index (χ0) is 27.8. The lowest BCUT2D eigenvalue weighted by atomic mass is 10.2. The van der Waals surface area contributed by atoms with E-state index in [-0.39, 0.29) is 34.4 Å². The molecule has 0 aromatic carbocycles. The lowest BCUT2D eigenvalue weighted by Gasteiger charge is -2.13. The summed E-state index contributed by atoms with van der Waals surface area (Å²) < 4.78 is 35.7. The molecule has 2 aromatic heterocycles. The number of carbonyl (C=O) groups excluding carboxylic acids is 2. The standard InChI is InChI=1S/C25H25F2N7O4S/c1-39-21(23(35)32-16-4-2-6-18-19(13-16)38-25(26,27)37-18)22(28)31-11-8-15-7-10-30-20(12-15)34-24(36)33-17-5-3-9-29-14-17/h2-5,7,9-10,12-14,31H,6,8,11,28H2,1H3,(H,32,35)(H2,30,33,34,36)/b22-21+. The van der Waals surface area contributed by atoms with Gasteiger partial charge < -0.3 is 31.2 Å². The molecular formula is C25H25F2N7O4S. The molecule has 0 fully saturated rings. The molecular weight excluding hydrogens is 532 g/mol. The molecule has 0 spiro atoms. The summed E-state index contributed by atoms with van der Waals surface area (Å²) in [5, 5.41) is 11.0. The van der Waals surface area contributed by atoms with Crippen LogP contribution < -0.4 is 27.0 Å². The van der Waals surface area contributed by atoms with Crippen molar-refractivity contribution in [3.05, 3.63) is 94.6 Å². The highest BCUT2D eigenvalue weighted by molar-refractivity contribution is 8.03. The number of aromatic nitrogens is 2. The van der Waals surface area contributed by atoms with E-state index in [4.69, 9.17) is 5.73 Å². The number of hydrogen-bond donors (Lipinski definition) is 5. The van der Waals surface area contributed by atoms with Crippen LogP contribution in [0.15, 0.2) is 89.0 Å². The summed E-state index contributed by atoms with van der Waals surface area (Å²) in [6, 6.07) is 6.47. The summed E-state index contributed by atoms with van der Waals surface area (Å²) in [5.74, 6) is -0.187. The van der Waals surface area contributed by atoms with Crippen LogP contribution in [0.4, 0.5) is 25.1 Å². The fourth-order valence-electron chi connectivity index (χ4n) is 3.56. The molecule has 2 aliphatic rings. The second-order valence-electron chi connectivity index (χ2n) is 8.11. The molecule has 0 saturated carbocycles. The average Bonchev–Trinajstić information content (AvgIpc) is 3.05. The SMILES string of the molecule is CS/C(C(=O)NC1=CC2=C(CC=C1)OC(F)(F)O2)=C(\N)NCCc1ccnc(NC(=O)Nc2cccnc2)c1. The van der Waals surface area contributed by atoms with E-state index in [0.29, 0.717) is 24.5 Å². The highest BCUT2D eigenvalue weighted by atomic mass is 32.2. The lowest BCUT2D eigenvalue weighted by molar-refractivity contribution is -0.336. The first-order valence-corrected chi connectivity index (χ1v) is 12.8. The zero-order valence-corrected chi connectivity index (χ0v) is 21.5. The van der Waals surface area contributed by atoms with Gasteiger partial charge in [-0.25, -0.2) is 9.78 Å². The fraction of sp³-hybridized carbons (Fsp3) is 0.200. The van der Waals surface area contributed by atoms with E-state index in [1.807, 2.05) is 0 Å². The van der Waals surface area contributed by atoms with Crippen molar-refractivity contribution >= 4 is 35.2 Å². The number of alkyl halides is 2. The normalized spacial score (nSPS) is 16.0. The van der Waals surface area contributed by atoms with E-state index in [1.165, 1.54) is 12.3 Å². The van der Waals surface area contributed by atoms with Crippen molar-refractivity contribution in [1.29, 1.82) is 0 Å². The highest BCUT2D eigenvalue weighted by Gasteiger charge is 2.44. The second-order valence-corrected chi connectivity index (χ2v) is 8.93. The van der Waals surface area contributed by atoms with Crippen molar-refractivity contribution in [1.82, 2.24) is 20.6 Å². The van der Waals surface area contributed by atoms with Gasteiger partial charge in [-0.15, -0.1) is 20.5 Å². The smallest absolute Gasteiger partial charge is 0.400 e. The van der Waals surface area contributed by atoms with Crippen molar-refractivity contribution in [3.8, 4) is 0 Å². The minimum absolute atomic E-state index is 0.0223. The first-order chi connectivity index (χ1) is 18.7. The van der Waals surface area contributed by atoms with E-state index in [1.54, 1.807) is 55.1 Å². The van der Waals surface area contributed by atoms with Crippen LogP contribution >= 0.6 is 11.8 Å². The van der Waals surface area contributed by atoms with Crippen molar-refractivity contribution in [3.63, 3.8) is 0 Å². The van der Waals surface area contributed by atoms with Crippen LogP contribution in [-0.4, -0.2) is 41.0 Å². The first-order valence-electron chi connectivity index (χ1n) is 11.6. The van der Waals surface area contributed by atoms with E-state index in [2.05, 4.69) is 40.7 Å². The number of hydrogen-bond acceptors (Lipinski definition) is 9. The first kappa shape index (κ1) is 27.4. The number of allylic oxidation sites excluding steroid dienone is 3. The van der Waals surface area contributed by atoms with E-state index in [0.717, 1.165) is 17.3 Å². The summed E-state index contributed by atoms with van der Waals surface area (Å²) in [4.78, 5) is 33.3. The maximum atomic E-state index is 13.4. The molecule has 0 unspecified atom stereocenters. The molecule has 204 valence electrons. The lowest BCUT2D eigenvalue weighted by Crippen LogP contribution is -2.30. The maximum absolute atomic E-state index is 13.4. The number of nitrogens with one attached hydrogen (secondary N) is 4. The molecule has 0 atom stereocenters. The summed E-state index contributed by atoms with van der Waals surface area (Å²) in [5.41, 5.74) is 7.79. The molecule has 0 saturated heterocycles. The number of halogens is 2. The third kappa shape index (κ3) is 7.70. The average molecular weight is 558 g/mol. The molecule has 3 heterocycles. The number of nitrogens with zero attached hydrogens (tertiary/aromatic N) is 2. The molecule has 3 amide bonds.